The summed E-state index contributed by atoms with van der Waals surface area (Å²) in [5.41, 5.74) is 3.68. The first kappa shape index (κ1) is 19.4. The molecule has 1 saturated heterocycles. The van der Waals surface area contributed by atoms with Gasteiger partial charge < -0.3 is 10.2 Å². The Morgan fingerprint density at radius 3 is 2.74 bits per heavy atom. The van der Waals surface area contributed by atoms with Gasteiger partial charge in [0.05, 0.1) is 16.6 Å². The molecule has 1 heterocycles. The maximum atomic E-state index is 12.7. The molecule has 0 radical (unpaired) electrons. The summed E-state index contributed by atoms with van der Waals surface area (Å²) >= 11 is 6.21. The Kier molecular flexibility index (Phi) is 5.85. The van der Waals surface area contributed by atoms with Crippen molar-refractivity contribution >= 4 is 34.8 Å². The standard InChI is InChI=1S/C22H25ClN2O2/c1-4-15(3)17-7-5-6-8-20(17)25-13-16(12-21(25)26)22(27)24-19-10-9-14(2)11-18(19)23/h5-11,15-16H,4,12-13H2,1-3H3,(H,24,27)/t15-,16-/m0/s1. The Labute approximate surface area is 165 Å². The molecule has 1 fully saturated rings. The lowest BCUT2D eigenvalue weighted by atomic mass is 9.96. The van der Waals surface area contributed by atoms with E-state index in [1.165, 1.54) is 0 Å². The lowest BCUT2D eigenvalue weighted by molar-refractivity contribution is -0.122. The number of amides is 2. The third-order valence-corrected chi connectivity index (χ3v) is 5.56. The number of benzene rings is 2. The van der Waals surface area contributed by atoms with Gasteiger partial charge in [-0.1, -0.05) is 49.7 Å². The zero-order valence-electron chi connectivity index (χ0n) is 16.0. The Balaban J connectivity index is 1.77. The van der Waals surface area contributed by atoms with Crippen LogP contribution < -0.4 is 10.2 Å². The number of carbonyl (C=O) groups is 2. The first-order valence-electron chi connectivity index (χ1n) is 9.37. The molecule has 1 aliphatic heterocycles. The first-order valence-corrected chi connectivity index (χ1v) is 9.74. The van der Waals surface area contributed by atoms with E-state index in [-0.39, 0.29) is 24.2 Å². The predicted octanol–water partition coefficient (Wildman–Crippen LogP) is 5.15. The number of nitrogens with zero attached hydrogens (tertiary/aromatic N) is 1. The van der Waals surface area contributed by atoms with Crippen molar-refractivity contribution in [3.8, 4) is 0 Å². The van der Waals surface area contributed by atoms with Crippen molar-refractivity contribution in [1.29, 1.82) is 0 Å². The third-order valence-electron chi connectivity index (χ3n) is 5.25. The fraction of sp³-hybridized carbons (Fsp3) is 0.364. The van der Waals surface area contributed by atoms with E-state index in [0.29, 0.717) is 23.2 Å². The van der Waals surface area contributed by atoms with Gasteiger partial charge >= 0.3 is 0 Å². The Bertz CT molecular complexity index is 865. The molecule has 2 aromatic rings. The molecule has 0 saturated carbocycles. The Hall–Kier alpha value is -2.33. The van der Waals surface area contributed by atoms with Gasteiger partial charge in [0.25, 0.3) is 0 Å². The topological polar surface area (TPSA) is 49.4 Å². The van der Waals surface area contributed by atoms with Crippen molar-refractivity contribution in [3.05, 3.63) is 58.6 Å². The molecule has 0 aromatic heterocycles. The average molecular weight is 385 g/mol. The molecule has 142 valence electrons. The summed E-state index contributed by atoms with van der Waals surface area (Å²) in [7, 11) is 0. The van der Waals surface area contributed by atoms with Crippen LogP contribution in [0, 0.1) is 12.8 Å². The van der Waals surface area contributed by atoms with E-state index in [1.54, 1.807) is 11.0 Å². The minimum Gasteiger partial charge on any atom is -0.324 e. The van der Waals surface area contributed by atoms with Gasteiger partial charge in [-0.05, 0) is 48.6 Å². The molecular formula is C22H25ClN2O2. The van der Waals surface area contributed by atoms with E-state index in [0.717, 1.165) is 23.2 Å². The number of anilines is 2. The van der Waals surface area contributed by atoms with Gasteiger partial charge in [0.15, 0.2) is 0 Å². The van der Waals surface area contributed by atoms with E-state index in [4.69, 9.17) is 11.6 Å². The SMILES string of the molecule is CC[C@H](C)c1ccccc1N1C[C@@H](C(=O)Nc2ccc(C)cc2Cl)CC1=O. The molecule has 2 atom stereocenters. The minimum atomic E-state index is -0.389. The average Bonchev–Trinajstić information content (AvgIpc) is 3.05. The number of carbonyl (C=O) groups excluding carboxylic acids is 2. The molecule has 1 aliphatic rings. The van der Waals surface area contributed by atoms with Crippen LogP contribution in [-0.2, 0) is 9.59 Å². The second-order valence-corrected chi connectivity index (χ2v) is 7.65. The van der Waals surface area contributed by atoms with E-state index < -0.39 is 0 Å². The van der Waals surface area contributed by atoms with E-state index >= 15 is 0 Å². The normalized spacial score (nSPS) is 17.9. The van der Waals surface area contributed by atoms with Gasteiger partial charge in [-0.15, -0.1) is 0 Å². The van der Waals surface area contributed by atoms with Gasteiger partial charge in [-0.2, -0.15) is 0 Å². The van der Waals surface area contributed by atoms with Crippen LogP contribution in [0.4, 0.5) is 11.4 Å². The number of hydrogen-bond donors (Lipinski definition) is 1. The molecule has 0 bridgehead atoms. The van der Waals surface area contributed by atoms with Gasteiger partial charge in [-0.3, -0.25) is 9.59 Å². The Morgan fingerprint density at radius 2 is 2.04 bits per heavy atom. The minimum absolute atomic E-state index is 0.0130. The molecule has 1 N–H and O–H groups in total. The van der Waals surface area contributed by atoms with E-state index in [1.807, 2.05) is 37.3 Å². The zero-order chi connectivity index (χ0) is 19.6. The molecule has 0 aliphatic carbocycles. The van der Waals surface area contributed by atoms with E-state index in [9.17, 15) is 9.59 Å². The molecule has 27 heavy (non-hydrogen) atoms. The van der Waals surface area contributed by atoms with E-state index in [2.05, 4.69) is 25.2 Å². The second kappa shape index (κ2) is 8.13. The van der Waals surface area contributed by atoms with Crippen LogP contribution in [0.1, 0.15) is 43.7 Å². The van der Waals surface area contributed by atoms with Gasteiger partial charge in [0.2, 0.25) is 11.8 Å². The molecule has 3 rings (SSSR count). The smallest absolute Gasteiger partial charge is 0.229 e. The molecular weight excluding hydrogens is 360 g/mol. The molecule has 0 unspecified atom stereocenters. The Morgan fingerprint density at radius 1 is 1.30 bits per heavy atom. The number of hydrogen-bond acceptors (Lipinski definition) is 2. The van der Waals surface area contributed by atoms with Crippen LogP contribution in [0.3, 0.4) is 0 Å². The van der Waals surface area contributed by atoms with Crippen LogP contribution in [0.5, 0.6) is 0 Å². The number of nitrogens with one attached hydrogen (secondary N) is 1. The zero-order valence-corrected chi connectivity index (χ0v) is 16.7. The summed E-state index contributed by atoms with van der Waals surface area (Å²) in [6.45, 7) is 6.62. The summed E-state index contributed by atoms with van der Waals surface area (Å²) in [5, 5.41) is 3.38. The molecule has 2 aromatic carbocycles. The highest BCUT2D eigenvalue weighted by molar-refractivity contribution is 6.33. The van der Waals surface area contributed by atoms with Gasteiger partial charge in [0.1, 0.15) is 0 Å². The number of halogens is 1. The van der Waals surface area contributed by atoms with Gasteiger partial charge in [0, 0.05) is 18.7 Å². The number of rotatable bonds is 5. The number of para-hydroxylation sites is 1. The highest BCUT2D eigenvalue weighted by Crippen LogP contribution is 2.34. The van der Waals surface area contributed by atoms with Crippen molar-refractivity contribution in [2.45, 2.75) is 39.5 Å². The summed E-state index contributed by atoms with van der Waals surface area (Å²) in [4.78, 5) is 27.1. The molecule has 5 heteroatoms. The molecule has 0 spiro atoms. The van der Waals surface area contributed by atoms with Crippen molar-refractivity contribution in [3.63, 3.8) is 0 Å². The lowest BCUT2D eigenvalue weighted by Crippen LogP contribution is -2.29. The monoisotopic (exact) mass is 384 g/mol. The number of aryl methyl sites for hydroxylation is 1. The fourth-order valence-corrected chi connectivity index (χ4v) is 3.72. The highest BCUT2D eigenvalue weighted by Gasteiger charge is 2.36. The fourth-order valence-electron chi connectivity index (χ4n) is 3.44. The van der Waals surface area contributed by atoms with Crippen LogP contribution >= 0.6 is 11.6 Å². The molecule has 2 amide bonds. The summed E-state index contributed by atoms with van der Waals surface area (Å²) in [5.74, 6) is -0.216. The largest absolute Gasteiger partial charge is 0.324 e. The first-order chi connectivity index (χ1) is 12.9. The highest BCUT2D eigenvalue weighted by atomic mass is 35.5. The maximum Gasteiger partial charge on any atom is 0.229 e. The molecule has 4 nitrogen and oxygen atoms in total. The summed E-state index contributed by atoms with van der Waals surface area (Å²) < 4.78 is 0. The van der Waals surface area contributed by atoms with Crippen LogP contribution in [0.25, 0.3) is 0 Å². The lowest BCUT2D eigenvalue weighted by Gasteiger charge is -2.23. The van der Waals surface area contributed by atoms with Crippen LogP contribution in [-0.4, -0.2) is 18.4 Å². The summed E-state index contributed by atoms with van der Waals surface area (Å²) in [6, 6.07) is 13.5. The maximum absolute atomic E-state index is 12.7. The summed E-state index contributed by atoms with van der Waals surface area (Å²) in [6.07, 6.45) is 1.21. The quantitative estimate of drug-likeness (QED) is 0.774. The predicted molar refractivity (Wildman–Crippen MR) is 110 cm³/mol. The van der Waals surface area contributed by atoms with Crippen molar-refractivity contribution in [1.82, 2.24) is 0 Å². The van der Waals surface area contributed by atoms with Gasteiger partial charge in [-0.25, -0.2) is 0 Å². The van der Waals surface area contributed by atoms with Crippen molar-refractivity contribution in [2.24, 2.45) is 5.92 Å². The van der Waals surface area contributed by atoms with Crippen molar-refractivity contribution < 1.29 is 9.59 Å². The van der Waals surface area contributed by atoms with Crippen molar-refractivity contribution in [2.75, 3.05) is 16.8 Å². The third kappa shape index (κ3) is 4.16. The van der Waals surface area contributed by atoms with Crippen LogP contribution in [0.2, 0.25) is 5.02 Å². The van der Waals surface area contributed by atoms with Crippen LogP contribution in [0.15, 0.2) is 42.5 Å². The second-order valence-electron chi connectivity index (χ2n) is 7.25.